The molecule has 1 aromatic heterocycles. The molecule has 0 aliphatic carbocycles. The Labute approximate surface area is 175 Å². The number of nitrogens with one attached hydrogen (secondary N) is 1. The van der Waals surface area contributed by atoms with Crippen LogP contribution in [0.1, 0.15) is 41.0 Å². The highest BCUT2D eigenvalue weighted by atomic mass is 19.1. The van der Waals surface area contributed by atoms with Gasteiger partial charge >= 0.3 is 0 Å². The number of halogens is 1. The Morgan fingerprint density at radius 2 is 1.90 bits per heavy atom. The zero-order valence-electron chi connectivity index (χ0n) is 17.7. The maximum atomic E-state index is 14.3. The third-order valence-corrected chi connectivity index (χ3v) is 4.50. The highest BCUT2D eigenvalue weighted by Gasteiger charge is 2.21. The number of carbonyl (C=O) groups excluding carboxylic acids is 1. The fraction of sp³-hybridized carbons (Fsp3) is 0.261. The molecule has 0 aliphatic rings. The number of anilines is 1. The second-order valence-electron chi connectivity index (χ2n) is 7.39. The Balaban J connectivity index is 1.89. The molecule has 3 aromatic rings. The van der Waals surface area contributed by atoms with Gasteiger partial charge in [0, 0.05) is 18.3 Å². The van der Waals surface area contributed by atoms with Gasteiger partial charge < -0.3 is 10.2 Å². The van der Waals surface area contributed by atoms with E-state index in [1.165, 1.54) is 7.05 Å². The molecule has 156 valence electrons. The van der Waals surface area contributed by atoms with Crippen molar-refractivity contribution in [2.24, 2.45) is 12.2 Å². The number of hydrogen-bond acceptors (Lipinski definition) is 4. The summed E-state index contributed by atoms with van der Waals surface area (Å²) < 4.78 is 15.3. The molecule has 0 aliphatic heterocycles. The van der Waals surface area contributed by atoms with Gasteiger partial charge in [-0.1, -0.05) is 41.1 Å². The molecule has 6 nitrogen and oxygen atoms in total. The summed E-state index contributed by atoms with van der Waals surface area (Å²) >= 11 is 0. The van der Waals surface area contributed by atoms with Crippen molar-refractivity contribution in [1.82, 2.24) is 9.78 Å². The summed E-state index contributed by atoms with van der Waals surface area (Å²) in [5.74, 6) is -1.19. The first-order valence-electron chi connectivity index (χ1n) is 9.67. The maximum Gasteiger partial charge on any atom is 0.262 e. The largest absolute Gasteiger partial charge is 0.393 e. The predicted octanol–water partition coefficient (Wildman–Crippen LogP) is 4.85. The average Bonchev–Trinajstić information content (AvgIpc) is 2.95. The molecular weight excluding hydrogens is 383 g/mol. The molecule has 1 N–H and O–H groups in total. The number of hydrogen-bond donors (Lipinski definition) is 1. The average molecular weight is 408 g/mol. The minimum absolute atomic E-state index is 0.0206. The van der Waals surface area contributed by atoms with Crippen molar-refractivity contribution in [3.8, 4) is 11.1 Å². The number of oxime groups is 1. The molecule has 0 unspecified atom stereocenters. The van der Waals surface area contributed by atoms with E-state index < -0.39 is 11.9 Å². The van der Waals surface area contributed by atoms with E-state index in [9.17, 15) is 9.18 Å². The Hall–Kier alpha value is -3.48. The van der Waals surface area contributed by atoms with Gasteiger partial charge in [-0.05, 0) is 51.0 Å². The van der Waals surface area contributed by atoms with Crippen LogP contribution < -0.4 is 5.32 Å². The molecule has 0 radical (unpaired) electrons. The first-order valence-corrected chi connectivity index (χ1v) is 9.67. The second kappa shape index (κ2) is 8.90. The summed E-state index contributed by atoms with van der Waals surface area (Å²) in [6.07, 6.45) is 1.67. The van der Waals surface area contributed by atoms with Crippen LogP contribution in [0.2, 0.25) is 0 Å². The number of rotatable bonds is 6. The highest BCUT2D eigenvalue weighted by molar-refractivity contribution is 6.07. The van der Waals surface area contributed by atoms with Crippen LogP contribution in [0.3, 0.4) is 0 Å². The fourth-order valence-electron chi connectivity index (χ4n) is 3.04. The zero-order chi connectivity index (χ0) is 21.8. The molecule has 2 aromatic carbocycles. The lowest BCUT2D eigenvalue weighted by Crippen LogP contribution is -2.15. The van der Waals surface area contributed by atoms with E-state index in [2.05, 4.69) is 15.6 Å². The number of aromatic nitrogens is 2. The van der Waals surface area contributed by atoms with Gasteiger partial charge in [0.1, 0.15) is 11.7 Å². The molecule has 0 atom stereocenters. The normalized spacial score (nSPS) is 11.3. The van der Waals surface area contributed by atoms with Crippen molar-refractivity contribution in [3.63, 3.8) is 0 Å². The second-order valence-corrected chi connectivity index (χ2v) is 7.39. The van der Waals surface area contributed by atoms with Crippen LogP contribution in [-0.2, 0) is 11.9 Å². The van der Waals surface area contributed by atoms with E-state index in [0.29, 0.717) is 11.4 Å². The smallest absolute Gasteiger partial charge is 0.262 e. The summed E-state index contributed by atoms with van der Waals surface area (Å²) in [5.41, 5.74) is 4.58. The first kappa shape index (κ1) is 21.2. The lowest BCUT2D eigenvalue weighted by Gasteiger charge is -2.13. The Morgan fingerprint density at radius 1 is 1.20 bits per heavy atom. The standard InChI is InChI=1S/C23H25FN4O2/c1-14(2)30-25-13-17-7-9-18(10-8-17)19-12-15(3)6-11-20(19)26-23(29)21-16(4)27-28(5)22(21)24/h6-14H,1-5H3,(H,26,29). The summed E-state index contributed by atoms with van der Waals surface area (Å²) in [6.45, 7) is 7.40. The summed E-state index contributed by atoms with van der Waals surface area (Å²) in [7, 11) is 1.47. The first-order chi connectivity index (χ1) is 14.3. The minimum Gasteiger partial charge on any atom is -0.393 e. The molecule has 3 rings (SSSR count). The van der Waals surface area contributed by atoms with Crippen LogP contribution in [0.4, 0.5) is 10.1 Å². The number of aryl methyl sites for hydroxylation is 3. The number of amides is 1. The van der Waals surface area contributed by atoms with Gasteiger partial charge in [-0.15, -0.1) is 0 Å². The van der Waals surface area contributed by atoms with Gasteiger partial charge in [0.15, 0.2) is 0 Å². The molecule has 1 heterocycles. The lowest BCUT2D eigenvalue weighted by molar-refractivity contribution is 0.0873. The summed E-state index contributed by atoms with van der Waals surface area (Å²) in [4.78, 5) is 17.9. The number of carbonyl (C=O) groups is 1. The molecule has 0 spiro atoms. The van der Waals surface area contributed by atoms with Gasteiger partial charge in [0.2, 0.25) is 5.95 Å². The van der Waals surface area contributed by atoms with E-state index in [1.54, 1.807) is 13.1 Å². The van der Waals surface area contributed by atoms with Gasteiger partial charge in [-0.25, -0.2) is 4.68 Å². The van der Waals surface area contributed by atoms with Crippen molar-refractivity contribution >= 4 is 17.8 Å². The van der Waals surface area contributed by atoms with Gasteiger partial charge in [-0.3, -0.25) is 4.79 Å². The summed E-state index contributed by atoms with van der Waals surface area (Å²) in [6, 6.07) is 13.4. The third-order valence-electron chi connectivity index (χ3n) is 4.50. The Morgan fingerprint density at radius 3 is 2.50 bits per heavy atom. The van der Waals surface area contributed by atoms with Gasteiger partial charge in [0.25, 0.3) is 5.91 Å². The molecule has 0 fully saturated rings. The maximum absolute atomic E-state index is 14.3. The molecule has 1 amide bonds. The Kier molecular flexibility index (Phi) is 6.30. The van der Waals surface area contributed by atoms with Gasteiger partial charge in [-0.2, -0.15) is 9.49 Å². The van der Waals surface area contributed by atoms with E-state index >= 15 is 0 Å². The molecule has 0 saturated carbocycles. The van der Waals surface area contributed by atoms with E-state index in [4.69, 9.17) is 4.84 Å². The van der Waals surface area contributed by atoms with Crippen molar-refractivity contribution in [2.75, 3.05) is 5.32 Å². The van der Waals surface area contributed by atoms with Gasteiger partial charge in [0.05, 0.1) is 11.9 Å². The van der Waals surface area contributed by atoms with Crippen molar-refractivity contribution in [1.29, 1.82) is 0 Å². The van der Waals surface area contributed by atoms with Crippen molar-refractivity contribution in [2.45, 2.75) is 33.8 Å². The van der Waals surface area contributed by atoms with Crippen molar-refractivity contribution in [3.05, 3.63) is 70.8 Å². The van der Waals surface area contributed by atoms with Crippen LogP contribution in [0.5, 0.6) is 0 Å². The van der Waals surface area contributed by atoms with E-state index in [-0.39, 0.29) is 11.7 Å². The lowest BCUT2D eigenvalue weighted by atomic mass is 10.00. The topological polar surface area (TPSA) is 68.5 Å². The quantitative estimate of drug-likeness (QED) is 0.468. The molecule has 0 bridgehead atoms. The van der Waals surface area contributed by atoms with Crippen molar-refractivity contribution < 1.29 is 14.0 Å². The number of nitrogens with zero attached hydrogens (tertiary/aromatic N) is 3. The SMILES string of the molecule is Cc1ccc(NC(=O)c2c(C)nn(C)c2F)c(-c2ccc(C=NOC(C)C)cc2)c1. The highest BCUT2D eigenvalue weighted by Crippen LogP contribution is 2.30. The number of benzene rings is 2. The monoisotopic (exact) mass is 408 g/mol. The van der Waals surface area contributed by atoms with Crippen LogP contribution in [-0.4, -0.2) is 28.0 Å². The van der Waals surface area contributed by atoms with E-state index in [1.807, 2.05) is 63.2 Å². The molecule has 0 saturated heterocycles. The predicted molar refractivity (Wildman–Crippen MR) is 116 cm³/mol. The van der Waals surface area contributed by atoms with E-state index in [0.717, 1.165) is 26.9 Å². The van der Waals surface area contributed by atoms with Crippen LogP contribution in [0, 0.1) is 19.8 Å². The minimum atomic E-state index is -0.661. The molecule has 7 heteroatoms. The Bertz CT molecular complexity index is 1090. The van der Waals surface area contributed by atoms with Crippen LogP contribution in [0.15, 0.2) is 47.6 Å². The summed E-state index contributed by atoms with van der Waals surface area (Å²) in [5, 5.41) is 10.7. The fourth-order valence-corrected chi connectivity index (χ4v) is 3.04. The molecular formula is C23H25FN4O2. The zero-order valence-corrected chi connectivity index (χ0v) is 17.7. The van der Waals surface area contributed by atoms with Crippen LogP contribution in [0.25, 0.3) is 11.1 Å². The third kappa shape index (κ3) is 4.74. The van der Waals surface area contributed by atoms with Crippen LogP contribution >= 0.6 is 0 Å². The molecule has 30 heavy (non-hydrogen) atoms.